The SMILES string of the molecule is CCCCC/C=C\C/C=C\CCCCCCCC(=O)OCC(OC(=O)CCCCCCC/C=C\C/C=C\CCCCC)C1CCN(CC(C=O)CC(=O)O)CC1. The monoisotopic (exact) mass is 784 g/mol. The zero-order valence-electron chi connectivity index (χ0n) is 35.7. The molecule has 1 saturated heterocycles. The molecule has 0 saturated carbocycles. The van der Waals surface area contributed by atoms with E-state index >= 15 is 0 Å². The summed E-state index contributed by atoms with van der Waals surface area (Å²) in [6.07, 6.45) is 45.1. The number of likely N-dealkylation sites (tertiary alicyclic amines) is 1. The summed E-state index contributed by atoms with van der Waals surface area (Å²) in [4.78, 5) is 50.3. The minimum Gasteiger partial charge on any atom is -0.481 e. The van der Waals surface area contributed by atoms with Crippen LogP contribution in [0.4, 0.5) is 0 Å². The second kappa shape index (κ2) is 37.6. The van der Waals surface area contributed by atoms with E-state index in [1.54, 1.807) is 0 Å². The van der Waals surface area contributed by atoms with Gasteiger partial charge in [-0.05, 0) is 103 Å². The van der Waals surface area contributed by atoms with Gasteiger partial charge in [-0.1, -0.05) is 127 Å². The van der Waals surface area contributed by atoms with Gasteiger partial charge in [-0.3, -0.25) is 14.4 Å². The highest BCUT2D eigenvalue weighted by molar-refractivity contribution is 5.72. The fourth-order valence-corrected chi connectivity index (χ4v) is 7.12. The predicted octanol–water partition coefficient (Wildman–Crippen LogP) is 12.1. The third-order valence-corrected chi connectivity index (χ3v) is 10.6. The standard InChI is InChI=1S/C48H81NO7/c1-3-5-7-9-11-13-15-17-19-21-23-25-27-29-31-33-47(53)55-42-45(44-35-37-49(38-36-44)40-43(41-50)39-46(51)52)56-48(54)34-32-30-28-26-24-22-20-18-16-14-12-10-8-6-4-2/h11-14,17-20,41,43-45H,3-10,15-16,21-40,42H2,1-2H3,(H,51,52)/b13-11-,14-12-,19-17-,20-18-. The van der Waals surface area contributed by atoms with Crippen LogP contribution in [0.2, 0.25) is 0 Å². The number of allylic oxidation sites excluding steroid dienone is 8. The topological polar surface area (TPSA) is 110 Å². The van der Waals surface area contributed by atoms with Crippen molar-refractivity contribution in [3.05, 3.63) is 48.6 Å². The molecule has 0 bridgehead atoms. The third-order valence-electron chi connectivity index (χ3n) is 10.6. The van der Waals surface area contributed by atoms with Crippen molar-refractivity contribution in [1.82, 2.24) is 4.90 Å². The minimum atomic E-state index is -0.977. The van der Waals surface area contributed by atoms with Crippen LogP contribution in [0.15, 0.2) is 48.6 Å². The van der Waals surface area contributed by atoms with E-state index in [1.807, 2.05) is 0 Å². The van der Waals surface area contributed by atoms with Crippen molar-refractivity contribution < 1.29 is 33.8 Å². The van der Waals surface area contributed by atoms with Gasteiger partial charge < -0.3 is 24.3 Å². The van der Waals surface area contributed by atoms with Gasteiger partial charge in [-0.15, -0.1) is 0 Å². The number of aliphatic carboxylic acids is 1. The quantitative estimate of drug-likeness (QED) is 0.0287. The molecule has 1 rings (SSSR count). The van der Waals surface area contributed by atoms with Gasteiger partial charge in [0.05, 0.1) is 6.42 Å². The molecule has 8 heteroatoms. The highest BCUT2D eigenvalue weighted by atomic mass is 16.6. The molecule has 1 fully saturated rings. The number of carbonyl (C=O) groups is 4. The van der Waals surface area contributed by atoms with Gasteiger partial charge in [0.1, 0.15) is 19.0 Å². The summed E-state index contributed by atoms with van der Waals surface area (Å²) < 4.78 is 11.7. The third kappa shape index (κ3) is 31.1. The number of piperidine rings is 1. The van der Waals surface area contributed by atoms with Crippen molar-refractivity contribution in [2.75, 3.05) is 26.2 Å². The van der Waals surface area contributed by atoms with E-state index in [9.17, 15) is 19.2 Å². The van der Waals surface area contributed by atoms with Gasteiger partial charge in [-0.25, -0.2) is 0 Å². The molecule has 1 heterocycles. The Labute approximate surface area is 342 Å². The van der Waals surface area contributed by atoms with Crippen LogP contribution in [0.25, 0.3) is 0 Å². The van der Waals surface area contributed by atoms with Crippen molar-refractivity contribution in [3.63, 3.8) is 0 Å². The molecule has 0 aromatic carbocycles. The van der Waals surface area contributed by atoms with E-state index in [2.05, 4.69) is 67.4 Å². The van der Waals surface area contributed by atoms with Crippen LogP contribution in [-0.4, -0.2) is 66.5 Å². The minimum absolute atomic E-state index is 0.0395. The molecule has 1 N–H and O–H groups in total. The maximum Gasteiger partial charge on any atom is 0.306 e. The molecular formula is C48H81NO7. The molecule has 0 amide bonds. The molecule has 0 aliphatic carbocycles. The van der Waals surface area contributed by atoms with Gasteiger partial charge in [0, 0.05) is 31.2 Å². The lowest BCUT2D eigenvalue weighted by molar-refractivity contribution is -0.164. The van der Waals surface area contributed by atoms with Gasteiger partial charge in [0.15, 0.2) is 0 Å². The number of ether oxygens (including phenoxy) is 2. The number of carboxylic acid groups (broad SMARTS) is 1. The molecule has 0 aromatic rings. The zero-order valence-corrected chi connectivity index (χ0v) is 35.7. The second-order valence-corrected chi connectivity index (χ2v) is 15.8. The number of aldehydes is 1. The largest absolute Gasteiger partial charge is 0.481 e. The second-order valence-electron chi connectivity index (χ2n) is 15.8. The first-order valence-electron chi connectivity index (χ1n) is 22.7. The molecule has 2 unspecified atom stereocenters. The van der Waals surface area contributed by atoms with E-state index < -0.39 is 18.0 Å². The number of esters is 2. The van der Waals surface area contributed by atoms with Crippen molar-refractivity contribution in [2.24, 2.45) is 11.8 Å². The Hall–Kier alpha value is -3.00. The van der Waals surface area contributed by atoms with Gasteiger partial charge >= 0.3 is 17.9 Å². The van der Waals surface area contributed by atoms with E-state index in [1.165, 1.54) is 51.4 Å². The molecule has 320 valence electrons. The highest BCUT2D eigenvalue weighted by Gasteiger charge is 2.31. The number of unbranched alkanes of at least 4 members (excludes halogenated alkanes) is 16. The molecule has 2 atom stereocenters. The first kappa shape index (κ1) is 51.0. The number of hydrogen-bond acceptors (Lipinski definition) is 7. The molecule has 0 radical (unpaired) electrons. The van der Waals surface area contributed by atoms with Crippen molar-refractivity contribution in [1.29, 1.82) is 0 Å². The lowest BCUT2D eigenvalue weighted by Gasteiger charge is -2.36. The molecule has 56 heavy (non-hydrogen) atoms. The van der Waals surface area contributed by atoms with Crippen LogP contribution < -0.4 is 0 Å². The predicted molar refractivity (Wildman–Crippen MR) is 231 cm³/mol. The van der Waals surface area contributed by atoms with Gasteiger partial charge in [0.25, 0.3) is 0 Å². The Morgan fingerprint density at radius 1 is 0.625 bits per heavy atom. The average Bonchev–Trinajstić information content (AvgIpc) is 3.19. The Morgan fingerprint density at radius 3 is 1.54 bits per heavy atom. The maximum atomic E-state index is 13.0. The Bertz CT molecular complexity index is 1100. The van der Waals surface area contributed by atoms with Crippen LogP contribution in [0, 0.1) is 11.8 Å². The van der Waals surface area contributed by atoms with Crippen LogP contribution in [0.5, 0.6) is 0 Å². The smallest absolute Gasteiger partial charge is 0.306 e. The molecular weight excluding hydrogens is 703 g/mol. The Kier molecular flexibility index (Phi) is 34.2. The molecule has 1 aliphatic heterocycles. The molecule has 1 aliphatic rings. The first-order valence-corrected chi connectivity index (χ1v) is 22.7. The summed E-state index contributed by atoms with van der Waals surface area (Å²) in [7, 11) is 0. The van der Waals surface area contributed by atoms with E-state index in [0.29, 0.717) is 32.5 Å². The number of carboxylic acids is 1. The lowest BCUT2D eigenvalue weighted by Crippen LogP contribution is -2.43. The van der Waals surface area contributed by atoms with Crippen molar-refractivity contribution in [3.8, 4) is 0 Å². The molecule has 0 spiro atoms. The Morgan fingerprint density at radius 2 is 1.07 bits per heavy atom. The molecule has 0 aromatic heterocycles. The zero-order chi connectivity index (χ0) is 40.7. The lowest BCUT2D eigenvalue weighted by atomic mass is 9.90. The van der Waals surface area contributed by atoms with Gasteiger partial charge in [0.2, 0.25) is 0 Å². The van der Waals surface area contributed by atoms with E-state index in [0.717, 1.165) is 109 Å². The summed E-state index contributed by atoms with van der Waals surface area (Å²) in [6.45, 7) is 6.28. The summed E-state index contributed by atoms with van der Waals surface area (Å²) in [5, 5.41) is 9.12. The molecule has 8 nitrogen and oxygen atoms in total. The van der Waals surface area contributed by atoms with E-state index in [-0.39, 0.29) is 30.9 Å². The summed E-state index contributed by atoms with van der Waals surface area (Å²) in [5.74, 6) is -1.97. The van der Waals surface area contributed by atoms with Crippen LogP contribution in [0.3, 0.4) is 0 Å². The number of rotatable bonds is 37. The van der Waals surface area contributed by atoms with Crippen LogP contribution >= 0.6 is 0 Å². The maximum absolute atomic E-state index is 13.0. The van der Waals surface area contributed by atoms with Crippen molar-refractivity contribution >= 4 is 24.2 Å². The highest BCUT2D eigenvalue weighted by Crippen LogP contribution is 2.25. The van der Waals surface area contributed by atoms with Gasteiger partial charge in [-0.2, -0.15) is 0 Å². The average molecular weight is 784 g/mol. The van der Waals surface area contributed by atoms with Crippen LogP contribution in [0.1, 0.15) is 187 Å². The summed E-state index contributed by atoms with van der Waals surface area (Å²) in [5.41, 5.74) is 0. The Balaban J connectivity index is 2.39. The normalized spacial score (nSPS) is 15.3. The fraction of sp³-hybridized carbons (Fsp3) is 0.750. The van der Waals surface area contributed by atoms with Crippen LogP contribution in [-0.2, 0) is 28.7 Å². The fourth-order valence-electron chi connectivity index (χ4n) is 7.12. The van der Waals surface area contributed by atoms with Crippen molar-refractivity contribution in [2.45, 2.75) is 193 Å². The number of nitrogens with zero attached hydrogens (tertiary/aromatic N) is 1. The number of carbonyl (C=O) groups excluding carboxylic acids is 3. The number of hydrogen-bond donors (Lipinski definition) is 1. The van der Waals surface area contributed by atoms with E-state index in [4.69, 9.17) is 14.6 Å². The summed E-state index contributed by atoms with van der Waals surface area (Å²) in [6, 6.07) is 0. The summed E-state index contributed by atoms with van der Waals surface area (Å²) >= 11 is 0. The first-order chi connectivity index (χ1) is 27.4.